The number of carbonyl (C=O) groups is 1. The van der Waals surface area contributed by atoms with Gasteiger partial charge in [-0.1, -0.05) is 6.58 Å². The summed E-state index contributed by atoms with van der Waals surface area (Å²) in [7, 11) is 0. The molecule has 0 aliphatic heterocycles. The van der Waals surface area contributed by atoms with Gasteiger partial charge in [0.1, 0.15) is 11.6 Å². The van der Waals surface area contributed by atoms with Gasteiger partial charge in [-0.3, -0.25) is 9.48 Å². The molecule has 1 aliphatic carbocycles. The molecule has 1 amide bonds. The minimum absolute atomic E-state index is 0.330. The molecular weight excluding hydrogens is 361 g/mol. The molecule has 9 heteroatoms. The molecule has 0 radical (unpaired) electrons. The van der Waals surface area contributed by atoms with Gasteiger partial charge in [-0.2, -0.15) is 10.2 Å². The zero-order valence-corrected chi connectivity index (χ0v) is 15.3. The van der Waals surface area contributed by atoms with E-state index in [0.717, 1.165) is 19.3 Å². The first-order valence-corrected chi connectivity index (χ1v) is 8.80. The van der Waals surface area contributed by atoms with Crippen molar-refractivity contribution in [1.29, 1.82) is 0 Å². The SMILES string of the molecule is C=C(/C(F)=C\C=C/N)C1(Nc2ccc(Cn3cc(C(N)=O)cn3)nn2)CCC1. The molecule has 0 spiro atoms. The maximum Gasteiger partial charge on any atom is 0.251 e. The summed E-state index contributed by atoms with van der Waals surface area (Å²) in [5.41, 5.74) is 11.3. The Kier molecular flexibility index (Phi) is 5.53. The maximum atomic E-state index is 14.3. The minimum Gasteiger partial charge on any atom is -0.405 e. The van der Waals surface area contributed by atoms with E-state index in [9.17, 15) is 9.18 Å². The van der Waals surface area contributed by atoms with Crippen molar-refractivity contribution in [2.75, 3.05) is 5.32 Å². The molecule has 1 fully saturated rings. The second-order valence-electron chi connectivity index (χ2n) is 6.64. The van der Waals surface area contributed by atoms with Crippen molar-refractivity contribution in [3.05, 3.63) is 72.1 Å². The highest BCUT2D eigenvalue weighted by atomic mass is 19.1. The average Bonchev–Trinajstić information content (AvgIpc) is 3.12. The summed E-state index contributed by atoms with van der Waals surface area (Å²) in [6.45, 7) is 4.26. The van der Waals surface area contributed by atoms with Crippen LogP contribution < -0.4 is 16.8 Å². The van der Waals surface area contributed by atoms with E-state index in [0.29, 0.717) is 29.2 Å². The van der Waals surface area contributed by atoms with E-state index in [4.69, 9.17) is 11.5 Å². The van der Waals surface area contributed by atoms with Gasteiger partial charge in [0.05, 0.1) is 29.5 Å². The zero-order valence-electron chi connectivity index (χ0n) is 15.3. The summed E-state index contributed by atoms with van der Waals surface area (Å²) in [6, 6.07) is 3.56. The number of nitrogens with one attached hydrogen (secondary N) is 1. The Hall–Kier alpha value is -3.49. The van der Waals surface area contributed by atoms with E-state index >= 15 is 0 Å². The zero-order chi connectivity index (χ0) is 20.1. The molecule has 146 valence electrons. The quantitative estimate of drug-likeness (QED) is 0.599. The fraction of sp³-hybridized carbons (Fsp3) is 0.263. The summed E-state index contributed by atoms with van der Waals surface area (Å²) in [5, 5.41) is 15.7. The van der Waals surface area contributed by atoms with Gasteiger partial charge in [-0.05, 0) is 49.7 Å². The van der Waals surface area contributed by atoms with Crippen LogP contribution in [0.15, 0.2) is 60.9 Å². The number of hydrogen-bond donors (Lipinski definition) is 3. The number of hydrogen-bond acceptors (Lipinski definition) is 6. The van der Waals surface area contributed by atoms with Crippen LogP contribution in [0.2, 0.25) is 0 Å². The molecule has 28 heavy (non-hydrogen) atoms. The molecule has 0 saturated heterocycles. The first-order valence-electron chi connectivity index (χ1n) is 8.80. The number of nitrogens with two attached hydrogens (primary N) is 2. The predicted molar refractivity (Wildman–Crippen MR) is 104 cm³/mol. The fourth-order valence-corrected chi connectivity index (χ4v) is 3.00. The van der Waals surface area contributed by atoms with Crippen molar-refractivity contribution in [3.8, 4) is 0 Å². The highest BCUT2D eigenvalue weighted by Gasteiger charge is 2.41. The van der Waals surface area contributed by atoms with E-state index in [2.05, 4.69) is 27.2 Å². The minimum atomic E-state index is -0.572. The van der Waals surface area contributed by atoms with Gasteiger partial charge in [0.2, 0.25) is 0 Å². The van der Waals surface area contributed by atoms with Gasteiger partial charge >= 0.3 is 0 Å². The normalized spacial score (nSPS) is 16.0. The van der Waals surface area contributed by atoms with Crippen LogP contribution in [0.3, 0.4) is 0 Å². The summed E-state index contributed by atoms with van der Waals surface area (Å²) < 4.78 is 15.9. The summed E-state index contributed by atoms with van der Waals surface area (Å²) in [5.74, 6) is -0.418. The Morgan fingerprint density at radius 2 is 2.18 bits per heavy atom. The number of halogens is 1. The lowest BCUT2D eigenvalue weighted by molar-refractivity contribution is 0.1000. The average molecular weight is 383 g/mol. The smallest absolute Gasteiger partial charge is 0.251 e. The number of nitrogens with zero attached hydrogens (tertiary/aromatic N) is 4. The van der Waals surface area contributed by atoms with Crippen LogP contribution in [0.25, 0.3) is 0 Å². The Morgan fingerprint density at radius 1 is 1.39 bits per heavy atom. The molecule has 2 heterocycles. The second-order valence-corrected chi connectivity index (χ2v) is 6.64. The van der Waals surface area contributed by atoms with Crippen molar-refractivity contribution in [2.45, 2.75) is 31.3 Å². The summed E-state index contributed by atoms with van der Waals surface area (Å²) in [6.07, 6.45) is 9.43. The number of aromatic nitrogens is 4. The van der Waals surface area contributed by atoms with E-state index in [1.54, 1.807) is 23.0 Å². The Morgan fingerprint density at radius 3 is 2.71 bits per heavy atom. The first kappa shape index (κ1) is 19.3. The molecule has 5 N–H and O–H groups in total. The standard InChI is InChI=1S/C19H22FN7O/c1-13(16(20)4-2-9-21)19(7-3-8-19)24-17-6-5-15(25-26-17)12-27-11-14(10-23-27)18(22)28/h2,4-6,9-11H,1,3,7-8,12,21H2,(H2,22,28)(H,24,26)/b9-2-,16-4+. The fourth-order valence-electron chi connectivity index (χ4n) is 3.00. The number of carbonyl (C=O) groups excluding carboxylic acids is 1. The highest BCUT2D eigenvalue weighted by molar-refractivity contribution is 5.92. The number of primary amides is 1. The molecule has 3 rings (SSSR count). The van der Waals surface area contributed by atoms with Crippen LogP contribution in [0.5, 0.6) is 0 Å². The van der Waals surface area contributed by atoms with Crippen molar-refractivity contribution in [1.82, 2.24) is 20.0 Å². The number of rotatable bonds is 8. The Labute approximate surface area is 161 Å². The third-order valence-electron chi connectivity index (χ3n) is 4.76. The number of amides is 1. The van der Waals surface area contributed by atoms with E-state index in [1.165, 1.54) is 24.5 Å². The van der Waals surface area contributed by atoms with Crippen LogP contribution >= 0.6 is 0 Å². The van der Waals surface area contributed by atoms with Crippen molar-refractivity contribution >= 4 is 11.7 Å². The molecule has 0 aromatic carbocycles. The van der Waals surface area contributed by atoms with Crippen LogP contribution in [-0.2, 0) is 6.54 Å². The highest BCUT2D eigenvalue weighted by Crippen LogP contribution is 2.43. The molecule has 1 saturated carbocycles. The second kappa shape index (κ2) is 8.03. The van der Waals surface area contributed by atoms with Crippen LogP contribution in [0, 0.1) is 0 Å². The van der Waals surface area contributed by atoms with E-state index < -0.39 is 17.3 Å². The van der Waals surface area contributed by atoms with Crippen molar-refractivity contribution < 1.29 is 9.18 Å². The van der Waals surface area contributed by atoms with Crippen molar-refractivity contribution in [3.63, 3.8) is 0 Å². The maximum absolute atomic E-state index is 14.3. The number of allylic oxidation sites excluding steroid dienone is 2. The Bertz CT molecular complexity index is 926. The van der Waals surface area contributed by atoms with E-state index in [1.807, 2.05) is 0 Å². The third-order valence-corrected chi connectivity index (χ3v) is 4.76. The number of anilines is 1. The van der Waals surface area contributed by atoms with E-state index in [-0.39, 0.29) is 0 Å². The molecule has 2 aromatic heterocycles. The lowest BCUT2D eigenvalue weighted by Crippen LogP contribution is -2.47. The van der Waals surface area contributed by atoms with Gasteiger partial charge in [0.25, 0.3) is 5.91 Å². The van der Waals surface area contributed by atoms with Crippen LogP contribution in [0.1, 0.15) is 35.3 Å². The lowest BCUT2D eigenvalue weighted by Gasteiger charge is -2.44. The molecule has 0 unspecified atom stereocenters. The van der Waals surface area contributed by atoms with Gasteiger partial charge in [-0.15, -0.1) is 5.10 Å². The first-order chi connectivity index (χ1) is 13.4. The van der Waals surface area contributed by atoms with Crippen LogP contribution in [-0.4, -0.2) is 31.4 Å². The molecule has 1 aliphatic rings. The molecule has 0 bridgehead atoms. The van der Waals surface area contributed by atoms with Gasteiger partial charge < -0.3 is 16.8 Å². The molecule has 0 atom stereocenters. The Balaban J connectivity index is 1.68. The molecule has 8 nitrogen and oxygen atoms in total. The van der Waals surface area contributed by atoms with Crippen molar-refractivity contribution in [2.24, 2.45) is 11.5 Å². The summed E-state index contributed by atoms with van der Waals surface area (Å²) >= 11 is 0. The predicted octanol–water partition coefficient (Wildman–Crippen LogP) is 2.04. The lowest BCUT2D eigenvalue weighted by atomic mass is 9.71. The molecule has 2 aromatic rings. The monoisotopic (exact) mass is 383 g/mol. The third kappa shape index (κ3) is 4.08. The van der Waals surface area contributed by atoms with Gasteiger partial charge in [0.15, 0.2) is 0 Å². The van der Waals surface area contributed by atoms with Crippen LogP contribution in [0.4, 0.5) is 10.2 Å². The largest absolute Gasteiger partial charge is 0.405 e. The molecular formula is C19H22FN7O. The van der Waals surface area contributed by atoms with Gasteiger partial charge in [-0.25, -0.2) is 4.39 Å². The van der Waals surface area contributed by atoms with Gasteiger partial charge in [0, 0.05) is 11.8 Å². The summed E-state index contributed by atoms with van der Waals surface area (Å²) in [4.78, 5) is 11.1. The topological polar surface area (TPSA) is 125 Å².